The zero-order valence-electron chi connectivity index (χ0n) is 13.2. The third kappa shape index (κ3) is 5.82. The lowest BCUT2D eigenvalue weighted by Gasteiger charge is -2.17. The Balaban J connectivity index is 0.00000220. The highest BCUT2D eigenvalue weighted by Gasteiger charge is 2.27. The van der Waals surface area contributed by atoms with Gasteiger partial charge in [-0.15, -0.1) is 24.0 Å². The molecule has 0 aliphatic heterocycles. The number of aliphatic imine (C=N–C) groups is 1. The molecule has 1 fully saturated rings. The van der Waals surface area contributed by atoms with Crippen molar-refractivity contribution < 1.29 is 0 Å². The zero-order chi connectivity index (χ0) is 14.5. The molecular weight excluding hydrogens is 375 g/mol. The molecule has 0 heterocycles. The molecule has 4 nitrogen and oxygen atoms in total. The number of rotatable bonds is 6. The molecule has 21 heavy (non-hydrogen) atoms. The van der Waals surface area contributed by atoms with E-state index < -0.39 is 0 Å². The Hall–Kier alpha value is -0.820. The van der Waals surface area contributed by atoms with E-state index in [1.807, 2.05) is 7.05 Å². The maximum Gasteiger partial charge on any atom is 0.191 e. The molecule has 1 aliphatic rings. The van der Waals surface area contributed by atoms with Gasteiger partial charge < -0.3 is 15.5 Å². The van der Waals surface area contributed by atoms with E-state index in [1.165, 1.54) is 24.0 Å². The van der Waals surface area contributed by atoms with Crippen molar-refractivity contribution in [3.63, 3.8) is 0 Å². The monoisotopic (exact) mass is 402 g/mol. The van der Waals surface area contributed by atoms with Gasteiger partial charge in [-0.05, 0) is 37.6 Å². The SMILES string of the molecule is CCN(C)Cc1cccc(CN=C(N)N(C)C2CC2)c1.I. The van der Waals surface area contributed by atoms with Gasteiger partial charge in [0.15, 0.2) is 5.96 Å². The summed E-state index contributed by atoms with van der Waals surface area (Å²) >= 11 is 0. The molecule has 0 bridgehead atoms. The van der Waals surface area contributed by atoms with E-state index in [2.05, 4.69) is 53.0 Å². The van der Waals surface area contributed by atoms with E-state index in [0.29, 0.717) is 18.5 Å². The number of hydrogen-bond donors (Lipinski definition) is 1. The van der Waals surface area contributed by atoms with Gasteiger partial charge in [0.25, 0.3) is 0 Å². The van der Waals surface area contributed by atoms with Gasteiger partial charge in [-0.25, -0.2) is 4.99 Å². The van der Waals surface area contributed by atoms with Crippen LogP contribution in [0.25, 0.3) is 0 Å². The minimum atomic E-state index is 0. The van der Waals surface area contributed by atoms with Crippen molar-refractivity contribution in [1.29, 1.82) is 0 Å². The minimum absolute atomic E-state index is 0. The fraction of sp³-hybridized carbons (Fsp3) is 0.562. The van der Waals surface area contributed by atoms with Gasteiger partial charge in [0.2, 0.25) is 0 Å². The van der Waals surface area contributed by atoms with Crippen LogP contribution in [0.3, 0.4) is 0 Å². The Labute approximate surface area is 145 Å². The van der Waals surface area contributed by atoms with E-state index >= 15 is 0 Å². The number of halogens is 1. The molecule has 0 unspecified atom stereocenters. The molecule has 1 saturated carbocycles. The lowest BCUT2D eigenvalue weighted by atomic mass is 10.1. The summed E-state index contributed by atoms with van der Waals surface area (Å²) in [7, 11) is 4.16. The van der Waals surface area contributed by atoms with Crippen LogP contribution in [-0.4, -0.2) is 42.4 Å². The first-order valence-corrected chi connectivity index (χ1v) is 7.39. The Morgan fingerprint density at radius 1 is 1.29 bits per heavy atom. The molecule has 0 amide bonds. The van der Waals surface area contributed by atoms with E-state index in [-0.39, 0.29) is 24.0 Å². The maximum absolute atomic E-state index is 6.01. The van der Waals surface area contributed by atoms with E-state index in [1.54, 1.807) is 0 Å². The third-order valence-corrected chi connectivity index (χ3v) is 3.86. The molecule has 2 rings (SSSR count). The minimum Gasteiger partial charge on any atom is -0.370 e. The molecule has 5 heteroatoms. The van der Waals surface area contributed by atoms with Crippen LogP contribution < -0.4 is 5.73 Å². The van der Waals surface area contributed by atoms with Gasteiger partial charge in [-0.3, -0.25) is 0 Å². The molecule has 1 aliphatic carbocycles. The summed E-state index contributed by atoms with van der Waals surface area (Å²) in [6.07, 6.45) is 2.48. The summed E-state index contributed by atoms with van der Waals surface area (Å²) in [6, 6.07) is 9.22. The summed E-state index contributed by atoms with van der Waals surface area (Å²) in [5.41, 5.74) is 8.57. The van der Waals surface area contributed by atoms with Crippen molar-refractivity contribution in [3.05, 3.63) is 35.4 Å². The van der Waals surface area contributed by atoms with Crippen LogP contribution in [0.1, 0.15) is 30.9 Å². The van der Waals surface area contributed by atoms with Gasteiger partial charge in [0.1, 0.15) is 0 Å². The largest absolute Gasteiger partial charge is 0.370 e. The number of hydrogen-bond acceptors (Lipinski definition) is 2. The number of nitrogens with two attached hydrogens (primary N) is 1. The predicted molar refractivity (Wildman–Crippen MR) is 100.0 cm³/mol. The molecule has 0 atom stereocenters. The highest BCUT2D eigenvalue weighted by molar-refractivity contribution is 14.0. The molecule has 1 aromatic rings. The van der Waals surface area contributed by atoms with Crippen LogP contribution in [0.4, 0.5) is 0 Å². The average Bonchev–Trinajstić information content (AvgIpc) is 3.28. The van der Waals surface area contributed by atoms with Gasteiger partial charge in [0, 0.05) is 19.6 Å². The van der Waals surface area contributed by atoms with Crippen molar-refractivity contribution in [2.75, 3.05) is 20.6 Å². The van der Waals surface area contributed by atoms with Gasteiger partial charge in [-0.1, -0.05) is 31.2 Å². The van der Waals surface area contributed by atoms with Crippen LogP contribution in [-0.2, 0) is 13.1 Å². The summed E-state index contributed by atoms with van der Waals surface area (Å²) in [5, 5.41) is 0. The summed E-state index contributed by atoms with van der Waals surface area (Å²) in [4.78, 5) is 8.88. The van der Waals surface area contributed by atoms with Crippen molar-refractivity contribution in [1.82, 2.24) is 9.80 Å². The Kier molecular flexibility index (Phi) is 7.45. The summed E-state index contributed by atoms with van der Waals surface area (Å²) < 4.78 is 0. The molecule has 0 radical (unpaired) electrons. The second-order valence-electron chi connectivity index (χ2n) is 5.67. The first kappa shape index (κ1) is 18.2. The average molecular weight is 402 g/mol. The normalized spacial score (nSPS) is 15.0. The van der Waals surface area contributed by atoms with E-state index in [9.17, 15) is 0 Å². The summed E-state index contributed by atoms with van der Waals surface area (Å²) in [5.74, 6) is 0.656. The quantitative estimate of drug-likeness (QED) is 0.452. The van der Waals surface area contributed by atoms with Crippen LogP contribution in [0.2, 0.25) is 0 Å². The molecule has 0 saturated heterocycles. The predicted octanol–water partition coefficient (Wildman–Crippen LogP) is 2.67. The van der Waals surface area contributed by atoms with Gasteiger partial charge in [-0.2, -0.15) is 0 Å². The first-order chi connectivity index (χ1) is 9.60. The van der Waals surface area contributed by atoms with Crippen molar-refractivity contribution in [3.8, 4) is 0 Å². The fourth-order valence-electron chi connectivity index (χ4n) is 2.18. The highest BCUT2D eigenvalue weighted by Crippen LogP contribution is 2.24. The fourth-order valence-corrected chi connectivity index (χ4v) is 2.18. The lowest BCUT2D eigenvalue weighted by Crippen LogP contribution is -2.35. The van der Waals surface area contributed by atoms with Crippen LogP contribution in [0.15, 0.2) is 29.3 Å². The molecule has 0 spiro atoms. The second-order valence-corrected chi connectivity index (χ2v) is 5.67. The number of benzene rings is 1. The van der Waals surface area contributed by atoms with Crippen molar-refractivity contribution in [2.45, 2.75) is 38.9 Å². The molecule has 1 aromatic carbocycles. The van der Waals surface area contributed by atoms with Gasteiger partial charge in [0.05, 0.1) is 6.54 Å². The highest BCUT2D eigenvalue weighted by atomic mass is 127. The van der Waals surface area contributed by atoms with Crippen LogP contribution in [0.5, 0.6) is 0 Å². The topological polar surface area (TPSA) is 44.9 Å². The van der Waals surface area contributed by atoms with Crippen molar-refractivity contribution >= 4 is 29.9 Å². The smallest absolute Gasteiger partial charge is 0.191 e. The lowest BCUT2D eigenvalue weighted by molar-refractivity contribution is 0.345. The zero-order valence-corrected chi connectivity index (χ0v) is 15.6. The van der Waals surface area contributed by atoms with E-state index in [4.69, 9.17) is 5.73 Å². The van der Waals surface area contributed by atoms with Crippen molar-refractivity contribution in [2.24, 2.45) is 10.7 Å². The molecular formula is C16H27IN4. The Bertz CT molecular complexity index is 471. The second kappa shape index (κ2) is 8.58. The van der Waals surface area contributed by atoms with Crippen LogP contribution in [0, 0.1) is 0 Å². The summed E-state index contributed by atoms with van der Waals surface area (Å²) in [6.45, 7) is 4.86. The number of guanidine groups is 1. The Morgan fingerprint density at radius 2 is 1.95 bits per heavy atom. The maximum atomic E-state index is 6.01. The van der Waals surface area contributed by atoms with E-state index in [0.717, 1.165) is 13.1 Å². The molecule has 2 N–H and O–H groups in total. The first-order valence-electron chi connectivity index (χ1n) is 7.39. The number of nitrogens with zero attached hydrogens (tertiary/aromatic N) is 3. The Morgan fingerprint density at radius 3 is 2.57 bits per heavy atom. The van der Waals surface area contributed by atoms with Crippen LogP contribution >= 0.6 is 24.0 Å². The molecule has 0 aromatic heterocycles. The third-order valence-electron chi connectivity index (χ3n) is 3.86. The van der Waals surface area contributed by atoms with Gasteiger partial charge >= 0.3 is 0 Å². The molecule has 118 valence electrons. The standard InChI is InChI=1S/C16H26N4.HI/c1-4-19(2)12-14-7-5-6-13(10-14)11-18-16(17)20(3)15-8-9-15;/h5-7,10,15H,4,8-9,11-12H2,1-3H3,(H2,17,18);1H.